The fourth-order valence-electron chi connectivity index (χ4n) is 3.05. The topological polar surface area (TPSA) is 71.8 Å². The number of fused-ring (bicyclic) bond motifs is 1. The SMILES string of the molecule is CNC(C)CNC(=O)c1cc(-c2cc(C)sc2C)nc2c1cnn2C(C)C.Cl.Cl. The fraction of sp³-hybridized carbons (Fsp3) is 0.450. The molecule has 1 atom stereocenters. The average Bonchev–Trinajstić information content (AvgIpc) is 3.20. The van der Waals surface area contributed by atoms with Crippen molar-refractivity contribution in [3.8, 4) is 11.3 Å². The van der Waals surface area contributed by atoms with Crippen LogP contribution in [0.3, 0.4) is 0 Å². The summed E-state index contributed by atoms with van der Waals surface area (Å²) in [5, 5.41) is 11.4. The number of aryl methyl sites for hydroxylation is 2. The molecule has 3 rings (SSSR count). The molecule has 9 heteroatoms. The normalized spacial score (nSPS) is 11.8. The number of pyridine rings is 1. The van der Waals surface area contributed by atoms with E-state index in [9.17, 15) is 4.79 Å². The zero-order valence-corrected chi connectivity index (χ0v) is 20.0. The summed E-state index contributed by atoms with van der Waals surface area (Å²) in [6, 6.07) is 4.39. The van der Waals surface area contributed by atoms with Crippen molar-refractivity contribution in [2.45, 2.75) is 46.7 Å². The lowest BCUT2D eigenvalue weighted by molar-refractivity contribution is 0.0952. The van der Waals surface area contributed by atoms with Crippen molar-refractivity contribution in [2.24, 2.45) is 0 Å². The van der Waals surface area contributed by atoms with Crippen LogP contribution in [-0.4, -0.2) is 40.3 Å². The number of rotatable bonds is 6. The number of likely N-dealkylation sites (N-methyl/N-ethyl adjacent to an activating group) is 1. The van der Waals surface area contributed by atoms with Gasteiger partial charge in [0.05, 0.1) is 22.8 Å². The lowest BCUT2D eigenvalue weighted by Gasteiger charge is -2.13. The molecule has 0 aromatic carbocycles. The summed E-state index contributed by atoms with van der Waals surface area (Å²) < 4.78 is 1.88. The highest BCUT2D eigenvalue weighted by atomic mass is 35.5. The summed E-state index contributed by atoms with van der Waals surface area (Å²) in [6.07, 6.45) is 1.74. The van der Waals surface area contributed by atoms with E-state index in [1.54, 1.807) is 17.5 Å². The van der Waals surface area contributed by atoms with Crippen LogP contribution in [0.2, 0.25) is 0 Å². The molecular formula is C20H29Cl2N5OS. The molecule has 0 saturated heterocycles. The molecule has 0 radical (unpaired) electrons. The van der Waals surface area contributed by atoms with Gasteiger partial charge in [-0.1, -0.05) is 0 Å². The highest BCUT2D eigenvalue weighted by Crippen LogP contribution is 2.32. The van der Waals surface area contributed by atoms with Crippen molar-refractivity contribution in [3.05, 3.63) is 33.6 Å². The number of hydrogen-bond acceptors (Lipinski definition) is 5. The third-order valence-electron chi connectivity index (χ3n) is 4.68. The number of thiophene rings is 1. The molecule has 3 aromatic heterocycles. The van der Waals surface area contributed by atoms with Crippen LogP contribution in [0.1, 0.15) is 46.9 Å². The Morgan fingerprint density at radius 3 is 2.45 bits per heavy atom. The second-order valence-electron chi connectivity index (χ2n) is 7.20. The quantitative estimate of drug-likeness (QED) is 0.569. The van der Waals surface area contributed by atoms with Crippen LogP contribution in [0.15, 0.2) is 18.3 Å². The maximum atomic E-state index is 12.9. The first-order chi connectivity index (χ1) is 12.8. The van der Waals surface area contributed by atoms with Crippen LogP contribution < -0.4 is 10.6 Å². The molecule has 6 nitrogen and oxygen atoms in total. The van der Waals surface area contributed by atoms with Crippen molar-refractivity contribution in [2.75, 3.05) is 13.6 Å². The Balaban J connectivity index is 0.00000210. The molecule has 1 unspecified atom stereocenters. The molecule has 1 amide bonds. The van der Waals surface area contributed by atoms with Crippen LogP contribution >= 0.6 is 36.2 Å². The van der Waals surface area contributed by atoms with Gasteiger partial charge < -0.3 is 10.6 Å². The molecule has 0 aliphatic rings. The Kier molecular flexibility index (Phi) is 9.09. The van der Waals surface area contributed by atoms with Crippen LogP contribution in [0.4, 0.5) is 0 Å². The summed E-state index contributed by atoms with van der Waals surface area (Å²) in [6.45, 7) is 10.9. The van der Waals surface area contributed by atoms with Gasteiger partial charge in [-0.05, 0) is 53.8 Å². The molecule has 0 spiro atoms. The third kappa shape index (κ3) is 5.28. The molecule has 0 saturated carbocycles. The van der Waals surface area contributed by atoms with Crippen molar-refractivity contribution in [1.29, 1.82) is 0 Å². The molecule has 3 aromatic rings. The van der Waals surface area contributed by atoms with Gasteiger partial charge in [-0.25, -0.2) is 9.67 Å². The van der Waals surface area contributed by atoms with E-state index in [1.165, 1.54) is 9.75 Å². The van der Waals surface area contributed by atoms with Gasteiger partial charge >= 0.3 is 0 Å². The molecule has 0 bridgehead atoms. The monoisotopic (exact) mass is 457 g/mol. The van der Waals surface area contributed by atoms with E-state index in [0.717, 1.165) is 22.3 Å². The van der Waals surface area contributed by atoms with E-state index < -0.39 is 0 Å². The molecule has 29 heavy (non-hydrogen) atoms. The van der Waals surface area contributed by atoms with E-state index in [1.807, 2.05) is 24.7 Å². The number of hydrogen-bond donors (Lipinski definition) is 2. The molecule has 0 aliphatic heterocycles. The van der Waals surface area contributed by atoms with Crippen molar-refractivity contribution in [3.63, 3.8) is 0 Å². The number of nitrogens with zero attached hydrogens (tertiary/aromatic N) is 3. The number of nitrogens with one attached hydrogen (secondary N) is 2. The van der Waals surface area contributed by atoms with Gasteiger partial charge in [-0.3, -0.25) is 4.79 Å². The van der Waals surface area contributed by atoms with Crippen molar-refractivity contribution < 1.29 is 4.79 Å². The number of carbonyl (C=O) groups excluding carboxylic acids is 1. The first kappa shape index (κ1) is 25.4. The molecule has 2 N–H and O–H groups in total. The number of aromatic nitrogens is 3. The largest absolute Gasteiger partial charge is 0.350 e. The lowest BCUT2D eigenvalue weighted by Crippen LogP contribution is -2.37. The summed E-state index contributed by atoms with van der Waals surface area (Å²) in [5.41, 5.74) is 3.26. The summed E-state index contributed by atoms with van der Waals surface area (Å²) in [7, 11) is 1.88. The zero-order chi connectivity index (χ0) is 19.7. The standard InChI is InChI=1S/C20H27N5OS.2ClH/c1-11(2)25-19-17(10-23-25)16(20(26)22-9-12(3)21-6)8-18(24-19)15-7-13(4)27-14(15)5;;/h7-8,10-12,21H,9H2,1-6H3,(H,22,26);2*1H. The molecule has 160 valence electrons. The Bertz CT molecular complexity index is 983. The predicted molar refractivity (Wildman–Crippen MR) is 126 cm³/mol. The van der Waals surface area contributed by atoms with Gasteiger partial charge in [-0.2, -0.15) is 5.10 Å². The zero-order valence-electron chi connectivity index (χ0n) is 17.6. The minimum atomic E-state index is -0.0985. The van der Waals surface area contributed by atoms with Gasteiger partial charge in [0.2, 0.25) is 0 Å². The van der Waals surface area contributed by atoms with Gasteiger partial charge in [-0.15, -0.1) is 36.2 Å². The minimum absolute atomic E-state index is 0. The van der Waals surface area contributed by atoms with E-state index in [4.69, 9.17) is 4.98 Å². The van der Waals surface area contributed by atoms with Gasteiger partial charge in [0.15, 0.2) is 5.65 Å². The molecule has 0 aliphatic carbocycles. The number of halogens is 2. The highest BCUT2D eigenvalue weighted by molar-refractivity contribution is 7.12. The molecular weight excluding hydrogens is 429 g/mol. The third-order valence-corrected chi connectivity index (χ3v) is 5.64. The second kappa shape index (κ2) is 10.4. The van der Waals surface area contributed by atoms with Gasteiger partial charge in [0, 0.05) is 33.9 Å². The maximum absolute atomic E-state index is 12.9. The second-order valence-corrected chi connectivity index (χ2v) is 8.66. The van der Waals surface area contributed by atoms with Crippen molar-refractivity contribution >= 4 is 53.1 Å². The van der Waals surface area contributed by atoms with E-state index in [2.05, 4.69) is 49.5 Å². The van der Waals surface area contributed by atoms with Gasteiger partial charge in [0.1, 0.15) is 0 Å². The maximum Gasteiger partial charge on any atom is 0.252 e. The molecule has 3 heterocycles. The number of carbonyl (C=O) groups is 1. The summed E-state index contributed by atoms with van der Waals surface area (Å²) >= 11 is 1.74. The van der Waals surface area contributed by atoms with Crippen LogP contribution in [0.5, 0.6) is 0 Å². The summed E-state index contributed by atoms with van der Waals surface area (Å²) in [5.74, 6) is -0.0985. The Hall–Kier alpha value is -1.67. The minimum Gasteiger partial charge on any atom is -0.350 e. The first-order valence-corrected chi connectivity index (χ1v) is 10.0. The fourth-order valence-corrected chi connectivity index (χ4v) is 3.98. The van der Waals surface area contributed by atoms with E-state index in [0.29, 0.717) is 12.1 Å². The van der Waals surface area contributed by atoms with E-state index in [-0.39, 0.29) is 42.8 Å². The first-order valence-electron chi connectivity index (χ1n) is 9.23. The Morgan fingerprint density at radius 1 is 1.21 bits per heavy atom. The highest BCUT2D eigenvalue weighted by Gasteiger charge is 2.20. The number of amides is 1. The summed E-state index contributed by atoms with van der Waals surface area (Å²) in [4.78, 5) is 20.2. The Morgan fingerprint density at radius 2 is 1.90 bits per heavy atom. The van der Waals surface area contributed by atoms with Crippen LogP contribution in [0, 0.1) is 13.8 Å². The van der Waals surface area contributed by atoms with E-state index >= 15 is 0 Å². The lowest BCUT2D eigenvalue weighted by atomic mass is 10.1. The smallest absolute Gasteiger partial charge is 0.252 e. The average molecular weight is 458 g/mol. The van der Waals surface area contributed by atoms with Crippen LogP contribution in [-0.2, 0) is 0 Å². The van der Waals surface area contributed by atoms with Crippen LogP contribution in [0.25, 0.3) is 22.3 Å². The van der Waals surface area contributed by atoms with Crippen molar-refractivity contribution in [1.82, 2.24) is 25.4 Å². The van der Waals surface area contributed by atoms with Gasteiger partial charge in [0.25, 0.3) is 5.91 Å². The molecule has 0 fully saturated rings. The predicted octanol–water partition coefficient (Wildman–Crippen LogP) is 4.54. The Labute approximate surface area is 188 Å².